The third-order valence-corrected chi connectivity index (χ3v) is 5.95. The number of hydrogen-bond acceptors (Lipinski definition) is 5. The molecule has 1 atom stereocenters. The van der Waals surface area contributed by atoms with Crippen molar-refractivity contribution in [3.8, 4) is 0 Å². The first-order chi connectivity index (χ1) is 15.4. The Balaban J connectivity index is 1.52. The lowest BCUT2D eigenvalue weighted by atomic mass is 10.0. The minimum absolute atomic E-state index is 0.366. The topological polar surface area (TPSA) is 98.9 Å². The van der Waals surface area contributed by atoms with E-state index in [0.29, 0.717) is 29.6 Å². The average molecular weight is 440 g/mol. The fourth-order valence-corrected chi connectivity index (χ4v) is 4.36. The van der Waals surface area contributed by atoms with Crippen LogP contribution < -0.4 is 0 Å². The van der Waals surface area contributed by atoms with Gasteiger partial charge in [-0.1, -0.05) is 0 Å². The van der Waals surface area contributed by atoms with Crippen LogP contribution in [0.4, 0.5) is 4.39 Å². The number of aromatic nitrogens is 2. The van der Waals surface area contributed by atoms with E-state index < -0.39 is 23.8 Å². The zero-order valence-corrected chi connectivity index (χ0v) is 17.5. The van der Waals surface area contributed by atoms with Gasteiger partial charge < -0.3 is 19.7 Å². The van der Waals surface area contributed by atoms with Crippen LogP contribution in [0.1, 0.15) is 17.2 Å². The normalized spacial score (nSPS) is 16.3. The molecular weight excluding hydrogens is 415 g/mol. The van der Waals surface area contributed by atoms with Gasteiger partial charge in [-0.15, -0.1) is 0 Å². The largest absolute Gasteiger partial charge is 0.480 e. The second kappa shape index (κ2) is 9.46. The highest BCUT2D eigenvalue weighted by Crippen LogP contribution is 2.32. The lowest BCUT2D eigenvalue weighted by Crippen LogP contribution is -2.49. The number of carbonyl (C=O) groups is 2. The highest BCUT2D eigenvalue weighted by atomic mass is 19.1. The Morgan fingerprint density at radius 2 is 1.78 bits per heavy atom. The Morgan fingerprint density at radius 1 is 1.06 bits per heavy atom. The SMILES string of the molecule is O=C(O)Cn1cc([C@@H](C(=O)O)N2CCN(CCc3ccncc3)CC2)c2ccc(F)cc21. The molecule has 2 N–H and O–H groups in total. The third kappa shape index (κ3) is 4.79. The molecule has 0 unspecified atom stereocenters. The molecule has 1 saturated heterocycles. The Labute approximate surface area is 184 Å². The predicted molar refractivity (Wildman–Crippen MR) is 116 cm³/mol. The van der Waals surface area contributed by atoms with Crippen molar-refractivity contribution in [1.82, 2.24) is 19.4 Å². The van der Waals surface area contributed by atoms with E-state index in [1.807, 2.05) is 17.0 Å². The van der Waals surface area contributed by atoms with Crippen molar-refractivity contribution < 1.29 is 24.2 Å². The Hall–Kier alpha value is -3.30. The summed E-state index contributed by atoms with van der Waals surface area (Å²) < 4.78 is 15.2. The molecule has 0 radical (unpaired) electrons. The summed E-state index contributed by atoms with van der Waals surface area (Å²) in [5.41, 5.74) is 2.08. The van der Waals surface area contributed by atoms with Crippen molar-refractivity contribution in [3.63, 3.8) is 0 Å². The number of hydrogen-bond donors (Lipinski definition) is 2. The zero-order valence-electron chi connectivity index (χ0n) is 17.5. The fourth-order valence-electron chi connectivity index (χ4n) is 4.36. The van der Waals surface area contributed by atoms with Crippen LogP contribution in [0.2, 0.25) is 0 Å². The number of nitrogens with zero attached hydrogens (tertiary/aromatic N) is 4. The molecule has 3 heterocycles. The lowest BCUT2D eigenvalue weighted by molar-refractivity contribution is -0.144. The predicted octanol–water partition coefficient (Wildman–Crippen LogP) is 2.25. The molecule has 0 aliphatic carbocycles. The van der Waals surface area contributed by atoms with Gasteiger partial charge in [0.2, 0.25) is 0 Å². The minimum Gasteiger partial charge on any atom is -0.480 e. The van der Waals surface area contributed by atoms with Crippen molar-refractivity contribution in [1.29, 1.82) is 0 Å². The van der Waals surface area contributed by atoms with Gasteiger partial charge >= 0.3 is 11.9 Å². The van der Waals surface area contributed by atoms with Crippen LogP contribution in [-0.2, 0) is 22.6 Å². The molecule has 32 heavy (non-hydrogen) atoms. The van der Waals surface area contributed by atoms with Gasteiger partial charge in [0, 0.05) is 62.3 Å². The summed E-state index contributed by atoms with van der Waals surface area (Å²) in [7, 11) is 0. The first kappa shape index (κ1) is 21.9. The van der Waals surface area contributed by atoms with E-state index in [1.54, 1.807) is 12.4 Å². The third-order valence-electron chi connectivity index (χ3n) is 5.95. The van der Waals surface area contributed by atoms with E-state index in [4.69, 9.17) is 0 Å². The first-order valence-corrected chi connectivity index (χ1v) is 10.5. The van der Waals surface area contributed by atoms with Crippen LogP contribution >= 0.6 is 0 Å². The molecule has 0 spiro atoms. The lowest BCUT2D eigenvalue weighted by Gasteiger charge is -2.37. The second-order valence-corrected chi connectivity index (χ2v) is 7.99. The van der Waals surface area contributed by atoms with Crippen molar-refractivity contribution >= 4 is 22.8 Å². The maximum Gasteiger partial charge on any atom is 0.325 e. The summed E-state index contributed by atoms with van der Waals surface area (Å²) in [6.07, 6.45) is 5.99. The van der Waals surface area contributed by atoms with Crippen LogP contribution in [0.3, 0.4) is 0 Å². The quantitative estimate of drug-likeness (QED) is 0.554. The van der Waals surface area contributed by atoms with Gasteiger partial charge in [-0.3, -0.25) is 19.5 Å². The summed E-state index contributed by atoms with van der Waals surface area (Å²) >= 11 is 0. The van der Waals surface area contributed by atoms with Crippen molar-refractivity contribution in [2.45, 2.75) is 19.0 Å². The van der Waals surface area contributed by atoms with Crippen LogP contribution in [0, 0.1) is 5.82 Å². The Kier molecular flexibility index (Phi) is 6.48. The monoisotopic (exact) mass is 440 g/mol. The van der Waals surface area contributed by atoms with E-state index in [2.05, 4.69) is 9.88 Å². The molecule has 1 aliphatic rings. The average Bonchev–Trinajstić information content (AvgIpc) is 3.10. The zero-order chi connectivity index (χ0) is 22.7. The molecule has 2 aromatic heterocycles. The maximum atomic E-state index is 13.8. The second-order valence-electron chi connectivity index (χ2n) is 7.99. The molecule has 3 aromatic rings. The number of piperazine rings is 1. The molecule has 0 amide bonds. The number of carboxylic acid groups (broad SMARTS) is 2. The fraction of sp³-hybridized carbons (Fsp3) is 0.348. The molecular formula is C23H25FN4O4. The number of rotatable bonds is 8. The highest BCUT2D eigenvalue weighted by Gasteiger charge is 2.33. The molecule has 8 nitrogen and oxygen atoms in total. The van der Waals surface area contributed by atoms with Gasteiger partial charge in [0.1, 0.15) is 18.4 Å². The molecule has 1 aromatic carbocycles. The standard InChI is InChI=1S/C23H25FN4O4/c24-17-1-2-18-19(14-28(15-21(29)30)20(18)13-17)22(23(31)32)27-11-9-26(10-12-27)8-5-16-3-6-25-7-4-16/h1-4,6-7,13-14,22H,5,8-12,15H2,(H,29,30)(H,31,32)/t22-/m0/s1. The molecule has 0 bridgehead atoms. The van der Waals surface area contributed by atoms with Crippen LogP contribution in [0.25, 0.3) is 10.9 Å². The molecule has 0 saturated carbocycles. The molecule has 1 fully saturated rings. The molecule has 4 rings (SSSR count). The van der Waals surface area contributed by atoms with Gasteiger partial charge in [0.25, 0.3) is 0 Å². The van der Waals surface area contributed by atoms with Gasteiger partial charge in [0.15, 0.2) is 0 Å². The molecule has 9 heteroatoms. The summed E-state index contributed by atoms with van der Waals surface area (Å²) in [5, 5.41) is 19.8. The van der Waals surface area contributed by atoms with Gasteiger partial charge in [-0.05, 0) is 42.3 Å². The van der Waals surface area contributed by atoms with E-state index in [9.17, 15) is 24.2 Å². The van der Waals surface area contributed by atoms with Crippen molar-refractivity contribution in [3.05, 3.63) is 65.9 Å². The highest BCUT2D eigenvalue weighted by molar-refractivity contribution is 5.90. The number of aliphatic carboxylic acids is 2. The number of pyridine rings is 1. The number of fused-ring (bicyclic) bond motifs is 1. The summed E-state index contributed by atoms with van der Waals surface area (Å²) in [4.78, 5) is 31.8. The minimum atomic E-state index is -1.08. The van der Waals surface area contributed by atoms with Crippen LogP contribution in [-0.4, -0.2) is 74.2 Å². The molecule has 168 valence electrons. The van der Waals surface area contributed by atoms with Gasteiger partial charge in [-0.25, -0.2) is 4.39 Å². The van der Waals surface area contributed by atoms with E-state index >= 15 is 0 Å². The summed E-state index contributed by atoms with van der Waals surface area (Å²) in [6.45, 7) is 3.12. The number of halogens is 1. The van der Waals surface area contributed by atoms with Crippen LogP contribution in [0.5, 0.6) is 0 Å². The van der Waals surface area contributed by atoms with E-state index in [1.165, 1.54) is 34.5 Å². The van der Waals surface area contributed by atoms with Crippen molar-refractivity contribution in [2.24, 2.45) is 0 Å². The summed E-state index contributed by atoms with van der Waals surface area (Å²) in [6, 6.07) is 7.10. The van der Waals surface area contributed by atoms with Gasteiger partial charge in [0.05, 0.1) is 5.52 Å². The summed E-state index contributed by atoms with van der Waals surface area (Å²) in [5.74, 6) is -2.58. The number of carboxylic acids is 2. The Morgan fingerprint density at radius 3 is 2.44 bits per heavy atom. The maximum absolute atomic E-state index is 13.8. The van der Waals surface area contributed by atoms with Crippen LogP contribution in [0.15, 0.2) is 48.9 Å². The molecule has 1 aliphatic heterocycles. The number of benzene rings is 1. The first-order valence-electron chi connectivity index (χ1n) is 10.5. The Bertz CT molecular complexity index is 1110. The van der Waals surface area contributed by atoms with Gasteiger partial charge in [-0.2, -0.15) is 0 Å². The van der Waals surface area contributed by atoms with Crippen molar-refractivity contribution in [2.75, 3.05) is 32.7 Å². The van der Waals surface area contributed by atoms with E-state index in [-0.39, 0.29) is 6.54 Å². The smallest absolute Gasteiger partial charge is 0.325 e. The van der Waals surface area contributed by atoms with E-state index in [0.717, 1.165) is 26.1 Å².